The molecule has 0 bridgehead atoms. The van der Waals surface area contributed by atoms with E-state index in [0.29, 0.717) is 17.6 Å². The number of ketones is 1. The fourth-order valence-electron chi connectivity index (χ4n) is 1.86. The molecule has 2 atom stereocenters. The smallest absolute Gasteiger partial charge is 0.133 e. The van der Waals surface area contributed by atoms with Crippen LogP contribution in [0.3, 0.4) is 0 Å². The minimum Gasteiger partial charge on any atom is -0.300 e. The minimum absolute atomic E-state index is 0.424. The Kier molecular flexibility index (Phi) is 3.07. The van der Waals surface area contributed by atoms with Crippen molar-refractivity contribution in [2.24, 2.45) is 11.8 Å². The lowest BCUT2D eigenvalue weighted by atomic mass is 9.93. The van der Waals surface area contributed by atoms with Gasteiger partial charge in [0.05, 0.1) is 0 Å². The molecule has 0 heterocycles. The van der Waals surface area contributed by atoms with Gasteiger partial charge in [-0.15, -0.1) is 0 Å². The Balaban J connectivity index is 2.58. The van der Waals surface area contributed by atoms with E-state index in [2.05, 4.69) is 13.5 Å². The molecule has 0 amide bonds. The predicted octanol–water partition coefficient (Wildman–Crippen LogP) is 2.96. The van der Waals surface area contributed by atoms with Crippen molar-refractivity contribution < 1.29 is 4.79 Å². The van der Waals surface area contributed by atoms with Gasteiger partial charge in [-0.05, 0) is 31.6 Å². The summed E-state index contributed by atoms with van der Waals surface area (Å²) in [4.78, 5) is 11.4. The molecule has 0 aromatic carbocycles. The lowest BCUT2D eigenvalue weighted by Crippen LogP contribution is -2.05. The second kappa shape index (κ2) is 3.88. The van der Waals surface area contributed by atoms with Gasteiger partial charge in [-0.3, -0.25) is 4.79 Å². The SMILES string of the molecule is C=C(C)[C@@H]1CC[C@H](C)CC(=O)C1. The third kappa shape index (κ3) is 2.47. The van der Waals surface area contributed by atoms with E-state index in [0.717, 1.165) is 19.3 Å². The second-order valence-electron chi connectivity index (χ2n) is 4.17. The number of Topliss-reactive ketones (excluding diaryl/α,β-unsaturated/α-hetero) is 1. The quantitative estimate of drug-likeness (QED) is 0.432. The monoisotopic (exact) mass is 166 g/mol. The lowest BCUT2D eigenvalue weighted by Gasteiger charge is -2.12. The fraction of sp³-hybridized carbons (Fsp3) is 0.727. The van der Waals surface area contributed by atoms with Crippen LogP contribution in [0.25, 0.3) is 0 Å². The Morgan fingerprint density at radius 2 is 2.08 bits per heavy atom. The Morgan fingerprint density at radius 1 is 1.42 bits per heavy atom. The van der Waals surface area contributed by atoms with Crippen LogP contribution >= 0.6 is 0 Å². The second-order valence-corrected chi connectivity index (χ2v) is 4.17. The highest BCUT2D eigenvalue weighted by molar-refractivity contribution is 5.79. The molecule has 0 N–H and O–H groups in total. The first-order valence-corrected chi connectivity index (χ1v) is 4.76. The zero-order chi connectivity index (χ0) is 9.14. The Morgan fingerprint density at radius 3 is 2.67 bits per heavy atom. The van der Waals surface area contributed by atoms with E-state index < -0.39 is 0 Å². The van der Waals surface area contributed by atoms with E-state index >= 15 is 0 Å². The van der Waals surface area contributed by atoms with Crippen molar-refractivity contribution >= 4 is 5.78 Å². The number of allylic oxidation sites excluding steroid dienone is 1. The molecule has 12 heavy (non-hydrogen) atoms. The van der Waals surface area contributed by atoms with Crippen molar-refractivity contribution in [3.63, 3.8) is 0 Å². The lowest BCUT2D eigenvalue weighted by molar-refractivity contribution is -0.119. The van der Waals surface area contributed by atoms with Crippen molar-refractivity contribution in [2.45, 2.75) is 39.5 Å². The van der Waals surface area contributed by atoms with E-state index in [-0.39, 0.29) is 0 Å². The molecule has 0 aliphatic heterocycles. The molecule has 0 saturated heterocycles. The summed E-state index contributed by atoms with van der Waals surface area (Å²) in [5.74, 6) is 1.47. The first kappa shape index (κ1) is 9.50. The third-order valence-electron chi connectivity index (χ3n) is 2.76. The molecule has 1 nitrogen and oxygen atoms in total. The van der Waals surface area contributed by atoms with Crippen molar-refractivity contribution in [1.82, 2.24) is 0 Å². The van der Waals surface area contributed by atoms with Gasteiger partial charge in [-0.25, -0.2) is 0 Å². The summed E-state index contributed by atoms with van der Waals surface area (Å²) < 4.78 is 0. The van der Waals surface area contributed by atoms with Crippen LogP contribution in [0.1, 0.15) is 39.5 Å². The molecule has 1 aliphatic rings. The fourth-order valence-corrected chi connectivity index (χ4v) is 1.86. The highest BCUT2D eigenvalue weighted by atomic mass is 16.1. The molecular weight excluding hydrogens is 148 g/mol. The summed E-state index contributed by atoms with van der Waals surface area (Å²) in [5, 5.41) is 0. The number of carbonyl (C=O) groups is 1. The summed E-state index contributed by atoms with van der Waals surface area (Å²) in [7, 11) is 0. The van der Waals surface area contributed by atoms with Gasteiger partial charge in [0.25, 0.3) is 0 Å². The van der Waals surface area contributed by atoms with Crippen LogP contribution in [-0.2, 0) is 4.79 Å². The number of carbonyl (C=O) groups excluding carboxylic acids is 1. The normalized spacial score (nSPS) is 31.3. The molecule has 0 unspecified atom stereocenters. The highest BCUT2D eigenvalue weighted by Crippen LogP contribution is 2.28. The number of hydrogen-bond donors (Lipinski definition) is 0. The van der Waals surface area contributed by atoms with Crippen LogP contribution in [0.5, 0.6) is 0 Å². The van der Waals surface area contributed by atoms with E-state index in [9.17, 15) is 4.79 Å². The average molecular weight is 166 g/mol. The predicted molar refractivity (Wildman–Crippen MR) is 50.9 cm³/mol. The van der Waals surface area contributed by atoms with E-state index in [1.807, 2.05) is 6.92 Å². The van der Waals surface area contributed by atoms with Crippen molar-refractivity contribution in [3.05, 3.63) is 12.2 Å². The zero-order valence-electron chi connectivity index (χ0n) is 8.10. The van der Waals surface area contributed by atoms with Crippen LogP contribution in [0.4, 0.5) is 0 Å². The standard InChI is InChI=1S/C11H18O/c1-8(2)10-5-4-9(3)6-11(12)7-10/h9-10H,1,4-7H2,2-3H3/t9-,10+/m0/s1. The van der Waals surface area contributed by atoms with Gasteiger partial charge in [0, 0.05) is 12.8 Å². The number of hydrogen-bond acceptors (Lipinski definition) is 1. The van der Waals surface area contributed by atoms with Gasteiger partial charge in [0.15, 0.2) is 0 Å². The summed E-state index contributed by atoms with van der Waals surface area (Å²) in [5.41, 5.74) is 1.18. The maximum Gasteiger partial charge on any atom is 0.133 e. The maximum atomic E-state index is 11.4. The topological polar surface area (TPSA) is 17.1 Å². The first-order valence-electron chi connectivity index (χ1n) is 4.76. The molecule has 1 fully saturated rings. The Bertz CT molecular complexity index is 193. The van der Waals surface area contributed by atoms with Crippen molar-refractivity contribution in [3.8, 4) is 0 Å². The molecule has 1 rings (SSSR count). The van der Waals surface area contributed by atoms with Crippen molar-refractivity contribution in [1.29, 1.82) is 0 Å². The van der Waals surface area contributed by atoms with Crippen LogP contribution < -0.4 is 0 Å². The summed E-state index contributed by atoms with van der Waals surface area (Å²) in [6, 6.07) is 0. The molecule has 0 aromatic rings. The Labute approximate surface area is 74.9 Å². The minimum atomic E-state index is 0.424. The third-order valence-corrected chi connectivity index (χ3v) is 2.76. The molecule has 1 saturated carbocycles. The van der Waals surface area contributed by atoms with Crippen LogP contribution in [0.15, 0.2) is 12.2 Å². The van der Waals surface area contributed by atoms with Gasteiger partial charge in [-0.2, -0.15) is 0 Å². The molecule has 1 heteroatoms. The summed E-state index contributed by atoms with van der Waals surface area (Å²) in [6.07, 6.45) is 3.86. The van der Waals surface area contributed by atoms with Gasteiger partial charge in [-0.1, -0.05) is 19.1 Å². The van der Waals surface area contributed by atoms with E-state index in [1.54, 1.807) is 0 Å². The number of rotatable bonds is 1. The van der Waals surface area contributed by atoms with E-state index in [4.69, 9.17) is 0 Å². The molecule has 0 spiro atoms. The van der Waals surface area contributed by atoms with Crippen LogP contribution in [-0.4, -0.2) is 5.78 Å². The molecule has 0 aromatic heterocycles. The van der Waals surface area contributed by atoms with Crippen LogP contribution in [0, 0.1) is 11.8 Å². The largest absolute Gasteiger partial charge is 0.300 e. The average Bonchev–Trinajstić information content (AvgIpc) is 2.11. The van der Waals surface area contributed by atoms with Crippen LogP contribution in [0.2, 0.25) is 0 Å². The molecule has 1 aliphatic carbocycles. The molecular formula is C11H18O. The van der Waals surface area contributed by atoms with E-state index in [1.165, 1.54) is 12.0 Å². The first-order chi connectivity index (χ1) is 5.59. The zero-order valence-corrected chi connectivity index (χ0v) is 8.10. The maximum absolute atomic E-state index is 11.4. The summed E-state index contributed by atoms with van der Waals surface area (Å²) in [6.45, 7) is 8.13. The van der Waals surface area contributed by atoms with Crippen molar-refractivity contribution in [2.75, 3.05) is 0 Å². The van der Waals surface area contributed by atoms with Gasteiger partial charge < -0.3 is 0 Å². The van der Waals surface area contributed by atoms with Gasteiger partial charge in [0.1, 0.15) is 5.78 Å². The summed E-state index contributed by atoms with van der Waals surface area (Å²) >= 11 is 0. The Hall–Kier alpha value is -0.590. The highest BCUT2D eigenvalue weighted by Gasteiger charge is 2.21. The molecule has 68 valence electrons. The molecule has 0 radical (unpaired) electrons. The van der Waals surface area contributed by atoms with Gasteiger partial charge in [0.2, 0.25) is 0 Å². The van der Waals surface area contributed by atoms with Gasteiger partial charge >= 0.3 is 0 Å².